The number of esters is 1. The van der Waals surface area contributed by atoms with Crippen LogP contribution in [0.1, 0.15) is 85.5 Å². The molecule has 350 valence electrons. The fourth-order valence-corrected chi connectivity index (χ4v) is 12.2. The minimum absolute atomic E-state index is 0.0162. The van der Waals surface area contributed by atoms with Crippen LogP contribution in [0.3, 0.4) is 0 Å². The van der Waals surface area contributed by atoms with E-state index in [-0.39, 0.29) is 53.2 Å². The Bertz CT molecular complexity index is 1690. The van der Waals surface area contributed by atoms with Crippen molar-refractivity contribution in [3.05, 3.63) is 23.8 Å². The summed E-state index contributed by atoms with van der Waals surface area (Å²) in [6, 6.07) is 0. The van der Waals surface area contributed by atoms with Crippen LogP contribution in [0.2, 0.25) is 0 Å². The number of fused-ring (bicyclic) bond motifs is 7. The van der Waals surface area contributed by atoms with Crippen molar-refractivity contribution in [1.82, 2.24) is 0 Å². The lowest BCUT2D eigenvalue weighted by atomic mass is 9.46. The Labute approximate surface area is 360 Å². The van der Waals surface area contributed by atoms with E-state index in [9.17, 15) is 55.2 Å². The summed E-state index contributed by atoms with van der Waals surface area (Å²) in [6.07, 6.45) is -3.41. The van der Waals surface area contributed by atoms with Crippen molar-refractivity contribution in [3.8, 4) is 0 Å². The van der Waals surface area contributed by atoms with Gasteiger partial charge in [0.2, 0.25) is 5.78 Å². The molecule has 5 aliphatic carbocycles. The third-order valence-electron chi connectivity index (χ3n) is 15.5. The van der Waals surface area contributed by atoms with Gasteiger partial charge in [0, 0.05) is 22.7 Å². The van der Waals surface area contributed by atoms with Gasteiger partial charge in [0.25, 0.3) is 0 Å². The lowest BCUT2D eigenvalue weighted by molar-refractivity contribution is -0.355. The average Bonchev–Trinajstić information content (AvgIpc) is 3.76. The maximum absolute atomic E-state index is 14.2. The highest BCUT2D eigenvalue weighted by Gasteiger charge is 2.76. The number of Topliss-reactive ketones (excluding diaryl/α,β-unsaturated/α-hetero) is 1. The number of hydrogen-bond donors (Lipinski definition) is 9. The highest BCUT2D eigenvalue weighted by molar-refractivity contribution is 6.01. The second kappa shape index (κ2) is 18.5. The van der Waals surface area contributed by atoms with E-state index in [4.69, 9.17) is 33.5 Å². The fraction of sp³-hybridized carbons (Fsp3) is 0.841. The third-order valence-corrected chi connectivity index (χ3v) is 15.5. The standard InChI is InChI=1S/C32H44O7.C12H22O11/c1-18(2)28(36)37-17-25(35)32-26(38-29(39-32)19-8-6-5-7-9-19)15-23-22-11-10-20-14-21(33)12-13-30(20,3)27(22)24(34)16-31(23,32)4;13-1-3-5(15)6(16)9(19)12(22-3)23-10-4(2-14)21-11(20)8(18)7(10)17/h12-14,18-19,22-24,26-27,29,34H,5-11,15-17H2,1-4H3;3-20H,1-2H2/t22-,23-,24-,26+,27+,29+,30-,31-,32+;3-,4-,5+,6+,7-,8-,9-,10-,11-,12+/m01/s1. The molecule has 0 unspecified atom stereocenters. The van der Waals surface area contributed by atoms with Crippen LogP contribution in [0, 0.1) is 40.4 Å². The lowest BCUT2D eigenvalue weighted by Gasteiger charge is -2.59. The van der Waals surface area contributed by atoms with Crippen LogP contribution in [0.25, 0.3) is 0 Å². The van der Waals surface area contributed by atoms with Crippen molar-refractivity contribution >= 4 is 17.5 Å². The van der Waals surface area contributed by atoms with Crippen LogP contribution in [-0.2, 0) is 42.8 Å². The zero-order valence-electron chi connectivity index (χ0n) is 35.8. The van der Waals surface area contributed by atoms with Crippen LogP contribution >= 0.6 is 0 Å². The molecule has 9 N–H and O–H groups in total. The maximum Gasteiger partial charge on any atom is 0.308 e. The molecular formula is C44H66O18. The van der Waals surface area contributed by atoms with Crippen LogP contribution < -0.4 is 0 Å². The second-order valence-electron chi connectivity index (χ2n) is 19.4. The minimum atomic E-state index is -1.74. The van der Waals surface area contributed by atoms with Gasteiger partial charge in [-0.15, -0.1) is 0 Å². The Balaban J connectivity index is 0.000000215. The Morgan fingerprint density at radius 2 is 1.55 bits per heavy atom. The molecule has 0 aromatic carbocycles. The number of carbonyl (C=O) groups excluding carboxylic acids is 3. The molecule has 3 saturated heterocycles. The van der Waals surface area contributed by atoms with Crippen molar-refractivity contribution in [3.63, 3.8) is 0 Å². The summed E-state index contributed by atoms with van der Waals surface area (Å²) in [6.45, 7) is 6.09. The molecule has 0 aromatic heterocycles. The molecule has 0 radical (unpaired) electrons. The summed E-state index contributed by atoms with van der Waals surface area (Å²) in [5.41, 5.74) is -1.19. The summed E-state index contributed by atoms with van der Waals surface area (Å²) in [4.78, 5) is 38.7. The highest BCUT2D eigenvalue weighted by Crippen LogP contribution is 2.70. The van der Waals surface area contributed by atoms with Gasteiger partial charge in [-0.1, -0.05) is 58.6 Å². The molecule has 8 aliphatic rings. The monoisotopic (exact) mass is 882 g/mol. The number of aliphatic hydroxyl groups is 9. The van der Waals surface area contributed by atoms with Gasteiger partial charge >= 0.3 is 5.97 Å². The average molecular weight is 883 g/mol. The fourth-order valence-electron chi connectivity index (χ4n) is 12.2. The smallest absolute Gasteiger partial charge is 0.308 e. The number of ether oxygens (including phenoxy) is 6. The van der Waals surface area contributed by atoms with E-state index >= 15 is 0 Å². The Kier molecular flexibility index (Phi) is 14.3. The number of carbonyl (C=O) groups is 3. The number of ketones is 2. The molecule has 0 aromatic rings. The van der Waals surface area contributed by atoms with Crippen LogP contribution in [0.4, 0.5) is 0 Å². The van der Waals surface area contributed by atoms with Crippen molar-refractivity contribution < 1.29 is 88.8 Å². The van der Waals surface area contributed by atoms with Gasteiger partial charge in [0.1, 0.15) is 48.8 Å². The number of allylic oxidation sites excluding steroid dienone is 4. The first-order valence-electron chi connectivity index (χ1n) is 22.2. The molecule has 3 heterocycles. The number of rotatable bonds is 9. The zero-order chi connectivity index (χ0) is 45.1. The van der Waals surface area contributed by atoms with Crippen molar-refractivity contribution in [2.75, 3.05) is 19.8 Å². The van der Waals surface area contributed by atoms with Gasteiger partial charge in [-0.05, 0) is 62.5 Å². The second-order valence-corrected chi connectivity index (χ2v) is 19.4. The SMILES string of the molecule is CC(C)C(=O)OCC(=O)[C@@]12O[C@H](C3CCCCC3)O[C@@H]1C[C@H]1[C@@H]3CCC4=CC(=O)C=C[C@]4(C)[C@H]3[C@@H](O)C[C@@]12C.OC[C@H]1O[C@@H](O[C@H]2[C@H](O)[C@@H](O)[C@H](O)O[C@@H]2CO)[C@H](O)[C@@H](O)[C@H]1O. The highest BCUT2D eigenvalue weighted by atomic mass is 16.7. The molecule has 0 amide bonds. The largest absolute Gasteiger partial charge is 0.457 e. The molecule has 62 heavy (non-hydrogen) atoms. The third kappa shape index (κ3) is 8.18. The minimum Gasteiger partial charge on any atom is -0.457 e. The van der Waals surface area contributed by atoms with Gasteiger partial charge in [-0.3, -0.25) is 14.4 Å². The summed E-state index contributed by atoms with van der Waals surface area (Å²) < 4.78 is 34.3. The molecule has 18 heteroatoms. The molecule has 0 spiro atoms. The predicted molar refractivity (Wildman–Crippen MR) is 212 cm³/mol. The first-order chi connectivity index (χ1) is 29.3. The lowest BCUT2D eigenvalue weighted by Crippen LogP contribution is -2.64. The molecule has 19 atom stereocenters. The normalized spacial score (nSPS) is 47.6. The summed E-state index contributed by atoms with van der Waals surface area (Å²) >= 11 is 0. The number of hydrogen-bond acceptors (Lipinski definition) is 18. The van der Waals surface area contributed by atoms with Gasteiger partial charge in [-0.2, -0.15) is 0 Å². The topological polar surface area (TPSA) is 289 Å². The summed E-state index contributed by atoms with van der Waals surface area (Å²) in [7, 11) is 0. The van der Waals surface area contributed by atoms with E-state index < -0.39 is 110 Å². The van der Waals surface area contributed by atoms with E-state index in [0.29, 0.717) is 12.8 Å². The molecule has 8 rings (SSSR count). The van der Waals surface area contributed by atoms with Crippen molar-refractivity contribution in [2.24, 2.45) is 40.4 Å². The summed E-state index contributed by atoms with van der Waals surface area (Å²) in [5.74, 6) is -0.471. The van der Waals surface area contributed by atoms with Crippen LogP contribution in [-0.4, -0.2) is 169 Å². The molecule has 4 saturated carbocycles. The van der Waals surface area contributed by atoms with Gasteiger partial charge in [0.15, 0.2) is 36.9 Å². The predicted octanol–water partition coefficient (Wildman–Crippen LogP) is -0.693. The molecule has 3 aliphatic heterocycles. The first-order valence-corrected chi connectivity index (χ1v) is 22.2. The summed E-state index contributed by atoms with van der Waals surface area (Å²) in [5, 5.41) is 88.4. The van der Waals surface area contributed by atoms with E-state index in [1.54, 1.807) is 26.0 Å². The zero-order valence-corrected chi connectivity index (χ0v) is 35.8. The van der Waals surface area contributed by atoms with E-state index in [0.717, 1.165) is 44.1 Å². The molecule has 7 fully saturated rings. The molecule has 18 nitrogen and oxygen atoms in total. The van der Waals surface area contributed by atoms with E-state index in [2.05, 4.69) is 13.8 Å². The maximum atomic E-state index is 14.2. The van der Waals surface area contributed by atoms with Gasteiger partial charge < -0.3 is 74.4 Å². The molecule has 0 bridgehead atoms. The van der Waals surface area contributed by atoms with Crippen LogP contribution in [0.5, 0.6) is 0 Å². The van der Waals surface area contributed by atoms with E-state index in [1.807, 2.05) is 6.08 Å². The Hall–Kier alpha value is -2.27. The Morgan fingerprint density at radius 3 is 2.21 bits per heavy atom. The van der Waals surface area contributed by atoms with Gasteiger partial charge in [0.05, 0.1) is 31.3 Å². The quantitative estimate of drug-likeness (QED) is 0.130. The van der Waals surface area contributed by atoms with Crippen LogP contribution in [0.15, 0.2) is 23.8 Å². The number of aliphatic hydroxyl groups excluding tert-OH is 9. The van der Waals surface area contributed by atoms with Crippen molar-refractivity contribution in [1.29, 1.82) is 0 Å². The molecular weight excluding hydrogens is 816 g/mol. The first kappa shape index (κ1) is 47.7. The van der Waals surface area contributed by atoms with Crippen molar-refractivity contribution in [2.45, 2.75) is 171 Å². The van der Waals surface area contributed by atoms with Gasteiger partial charge in [-0.25, -0.2) is 0 Å². The Morgan fingerprint density at radius 1 is 0.855 bits per heavy atom. The van der Waals surface area contributed by atoms with E-state index in [1.165, 1.54) is 6.42 Å².